The van der Waals surface area contributed by atoms with Crippen LogP contribution < -0.4 is 5.32 Å². The zero-order valence-electron chi connectivity index (χ0n) is 8.78. The molecule has 1 aliphatic heterocycles. The average Bonchev–Trinajstić information content (AvgIpc) is 2.31. The molecular weight excluding hydrogens is 188 g/mol. The van der Waals surface area contributed by atoms with Crippen molar-refractivity contribution in [2.75, 3.05) is 13.1 Å². The van der Waals surface area contributed by atoms with Crippen molar-refractivity contribution in [3.05, 3.63) is 30.1 Å². The molecule has 1 fully saturated rings. The Morgan fingerprint density at radius 2 is 2.47 bits per heavy atom. The summed E-state index contributed by atoms with van der Waals surface area (Å²) >= 11 is 0. The van der Waals surface area contributed by atoms with Crippen LogP contribution in [0.3, 0.4) is 0 Å². The van der Waals surface area contributed by atoms with E-state index in [9.17, 15) is 4.79 Å². The van der Waals surface area contributed by atoms with Gasteiger partial charge in [0.25, 0.3) is 0 Å². The molecule has 0 radical (unpaired) electrons. The van der Waals surface area contributed by atoms with Crippen LogP contribution in [0.2, 0.25) is 0 Å². The quantitative estimate of drug-likeness (QED) is 0.804. The van der Waals surface area contributed by atoms with Crippen LogP contribution in [0.4, 0.5) is 0 Å². The minimum atomic E-state index is 0.195. The van der Waals surface area contributed by atoms with Crippen molar-refractivity contribution in [2.45, 2.75) is 19.3 Å². The van der Waals surface area contributed by atoms with Crippen LogP contribution >= 0.6 is 0 Å². The van der Waals surface area contributed by atoms with Gasteiger partial charge in [0, 0.05) is 30.8 Å². The largest absolute Gasteiger partial charge is 0.316 e. The van der Waals surface area contributed by atoms with Crippen LogP contribution in [0, 0.1) is 5.92 Å². The third kappa shape index (κ3) is 2.86. The number of nitrogens with one attached hydrogen (secondary N) is 1. The minimum absolute atomic E-state index is 0.195. The van der Waals surface area contributed by atoms with Crippen LogP contribution in [0.1, 0.15) is 18.5 Å². The van der Waals surface area contributed by atoms with E-state index in [1.807, 2.05) is 18.2 Å². The second kappa shape index (κ2) is 5.03. The van der Waals surface area contributed by atoms with Gasteiger partial charge in [-0.3, -0.25) is 9.78 Å². The molecule has 1 saturated heterocycles. The lowest BCUT2D eigenvalue weighted by molar-refractivity contribution is -0.122. The number of aromatic nitrogens is 1. The number of rotatable bonds is 3. The predicted molar refractivity (Wildman–Crippen MR) is 58.5 cm³/mol. The smallest absolute Gasteiger partial charge is 0.143 e. The van der Waals surface area contributed by atoms with Gasteiger partial charge in [-0.1, -0.05) is 6.07 Å². The Morgan fingerprint density at radius 3 is 3.13 bits per heavy atom. The van der Waals surface area contributed by atoms with Crippen LogP contribution in [0.5, 0.6) is 0 Å². The van der Waals surface area contributed by atoms with Crippen LogP contribution in [0.15, 0.2) is 24.4 Å². The molecule has 1 aliphatic rings. The molecule has 2 heterocycles. The van der Waals surface area contributed by atoms with E-state index in [2.05, 4.69) is 10.3 Å². The number of piperidine rings is 1. The van der Waals surface area contributed by atoms with Crippen LogP contribution in [-0.2, 0) is 11.2 Å². The molecule has 1 atom stereocenters. The van der Waals surface area contributed by atoms with Gasteiger partial charge in [-0.05, 0) is 31.5 Å². The van der Waals surface area contributed by atoms with Gasteiger partial charge in [0.1, 0.15) is 5.78 Å². The highest BCUT2D eigenvalue weighted by Gasteiger charge is 2.20. The summed E-state index contributed by atoms with van der Waals surface area (Å²) in [6.45, 7) is 1.89. The summed E-state index contributed by atoms with van der Waals surface area (Å²) in [6, 6.07) is 5.71. The number of Topliss-reactive ketones (excluding diaryl/α,β-unsaturated/α-hetero) is 1. The zero-order chi connectivity index (χ0) is 10.5. The van der Waals surface area contributed by atoms with Crippen molar-refractivity contribution in [1.29, 1.82) is 0 Å². The molecule has 1 unspecified atom stereocenters. The lowest BCUT2D eigenvalue weighted by Crippen LogP contribution is -2.35. The molecule has 0 aliphatic carbocycles. The topological polar surface area (TPSA) is 42.0 Å². The number of carbonyl (C=O) groups is 1. The number of pyridine rings is 1. The van der Waals surface area contributed by atoms with Crippen molar-refractivity contribution >= 4 is 5.78 Å². The van der Waals surface area contributed by atoms with E-state index in [4.69, 9.17) is 0 Å². The van der Waals surface area contributed by atoms with Gasteiger partial charge in [0.2, 0.25) is 0 Å². The molecule has 0 saturated carbocycles. The molecule has 2 rings (SSSR count). The first kappa shape index (κ1) is 10.3. The molecular formula is C12H16N2O. The van der Waals surface area contributed by atoms with E-state index in [1.54, 1.807) is 6.20 Å². The van der Waals surface area contributed by atoms with Crippen molar-refractivity contribution in [3.63, 3.8) is 0 Å². The fourth-order valence-corrected chi connectivity index (χ4v) is 1.95. The van der Waals surface area contributed by atoms with E-state index in [0.717, 1.165) is 31.6 Å². The fourth-order valence-electron chi connectivity index (χ4n) is 1.95. The summed E-state index contributed by atoms with van der Waals surface area (Å²) in [6.07, 6.45) is 4.35. The van der Waals surface area contributed by atoms with Gasteiger partial charge < -0.3 is 5.32 Å². The van der Waals surface area contributed by atoms with E-state index in [0.29, 0.717) is 12.2 Å². The molecule has 0 bridgehead atoms. The number of hydrogen-bond acceptors (Lipinski definition) is 3. The van der Waals surface area contributed by atoms with Gasteiger partial charge in [-0.15, -0.1) is 0 Å². The SMILES string of the molecule is O=C(Cc1ccccn1)C1CCCNC1. The Balaban J connectivity index is 1.91. The van der Waals surface area contributed by atoms with Crippen LogP contribution in [0.25, 0.3) is 0 Å². The molecule has 1 aromatic rings. The highest BCUT2D eigenvalue weighted by molar-refractivity contribution is 5.83. The fraction of sp³-hybridized carbons (Fsp3) is 0.500. The maximum Gasteiger partial charge on any atom is 0.143 e. The number of hydrogen-bond donors (Lipinski definition) is 1. The predicted octanol–water partition coefficient (Wildman–Crippen LogP) is 1.19. The third-order valence-corrected chi connectivity index (χ3v) is 2.83. The molecule has 80 valence electrons. The van der Waals surface area contributed by atoms with Crippen molar-refractivity contribution < 1.29 is 4.79 Å². The molecule has 0 amide bonds. The van der Waals surface area contributed by atoms with Gasteiger partial charge in [0.15, 0.2) is 0 Å². The Hall–Kier alpha value is -1.22. The van der Waals surface area contributed by atoms with E-state index >= 15 is 0 Å². The summed E-state index contributed by atoms with van der Waals surface area (Å²) in [5.74, 6) is 0.515. The first-order chi connectivity index (χ1) is 7.36. The molecule has 0 aromatic carbocycles. The lowest BCUT2D eigenvalue weighted by atomic mass is 9.92. The van der Waals surface area contributed by atoms with Gasteiger partial charge in [0.05, 0.1) is 0 Å². The summed E-state index contributed by atoms with van der Waals surface area (Å²) < 4.78 is 0. The highest BCUT2D eigenvalue weighted by atomic mass is 16.1. The van der Waals surface area contributed by atoms with Crippen molar-refractivity contribution in [3.8, 4) is 0 Å². The summed E-state index contributed by atoms with van der Waals surface area (Å²) in [7, 11) is 0. The third-order valence-electron chi connectivity index (χ3n) is 2.83. The minimum Gasteiger partial charge on any atom is -0.316 e. The standard InChI is InChI=1S/C12H16N2O/c15-12(10-4-3-6-13-9-10)8-11-5-1-2-7-14-11/h1-2,5,7,10,13H,3-4,6,8-9H2. The molecule has 3 heteroatoms. The summed E-state index contributed by atoms with van der Waals surface area (Å²) in [5, 5.41) is 3.26. The normalized spacial score (nSPS) is 21.2. The molecule has 1 aromatic heterocycles. The second-order valence-electron chi connectivity index (χ2n) is 4.01. The number of ketones is 1. The van der Waals surface area contributed by atoms with E-state index in [1.165, 1.54) is 0 Å². The van der Waals surface area contributed by atoms with Gasteiger partial charge in [-0.25, -0.2) is 0 Å². The monoisotopic (exact) mass is 204 g/mol. The second-order valence-corrected chi connectivity index (χ2v) is 4.01. The Bertz CT molecular complexity index is 318. The number of nitrogens with zero attached hydrogens (tertiary/aromatic N) is 1. The van der Waals surface area contributed by atoms with Crippen LogP contribution in [-0.4, -0.2) is 23.9 Å². The van der Waals surface area contributed by atoms with E-state index < -0.39 is 0 Å². The molecule has 15 heavy (non-hydrogen) atoms. The Kier molecular flexibility index (Phi) is 3.45. The van der Waals surface area contributed by atoms with Gasteiger partial charge in [-0.2, -0.15) is 0 Å². The summed E-state index contributed by atoms with van der Waals surface area (Å²) in [4.78, 5) is 16.1. The van der Waals surface area contributed by atoms with E-state index in [-0.39, 0.29) is 5.92 Å². The first-order valence-electron chi connectivity index (χ1n) is 5.49. The highest BCUT2D eigenvalue weighted by Crippen LogP contribution is 2.13. The maximum atomic E-state index is 11.9. The molecule has 3 nitrogen and oxygen atoms in total. The van der Waals surface area contributed by atoms with Crippen molar-refractivity contribution in [2.24, 2.45) is 5.92 Å². The maximum absolute atomic E-state index is 11.9. The van der Waals surface area contributed by atoms with Gasteiger partial charge >= 0.3 is 0 Å². The average molecular weight is 204 g/mol. The lowest BCUT2D eigenvalue weighted by Gasteiger charge is -2.21. The molecule has 0 spiro atoms. The summed E-state index contributed by atoms with van der Waals surface area (Å²) in [5.41, 5.74) is 0.882. The zero-order valence-corrected chi connectivity index (χ0v) is 8.78. The molecule has 1 N–H and O–H groups in total. The Morgan fingerprint density at radius 1 is 1.53 bits per heavy atom. The Labute approximate surface area is 89.9 Å². The first-order valence-corrected chi connectivity index (χ1v) is 5.49. The number of carbonyl (C=O) groups excluding carboxylic acids is 1. The van der Waals surface area contributed by atoms with Crippen molar-refractivity contribution in [1.82, 2.24) is 10.3 Å².